The molecular formula is C15H18N2O2S2. The van der Waals surface area contributed by atoms with Crippen LogP contribution in [0.5, 0.6) is 0 Å². The number of thiazole rings is 1. The molecule has 112 valence electrons. The molecule has 0 bridgehead atoms. The van der Waals surface area contributed by atoms with Crippen molar-refractivity contribution in [2.24, 2.45) is 5.92 Å². The Morgan fingerprint density at radius 3 is 3.10 bits per heavy atom. The second kappa shape index (κ2) is 6.34. The number of rotatable bonds is 4. The van der Waals surface area contributed by atoms with E-state index in [0.29, 0.717) is 11.7 Å². The van der Waals surface area contributed by atoms with E-state index >= 15 is 0 Å². The van der Waals surface area contributed by atoms with Crippen LogP contribution in [0.1, 0.15) is 13.3 Å². The second-order valence-electron chi connectivity index (χ2n) is 5.34. The first kappa shape index (κ1) is 14.8. The molecule has 21 heavy (non-hydrogen) atoms. The molecule has 0 saturated carbocycles. The van der Waals surface area contributed by atoms with Crippen molar-refractivity contribution in [2.45, 2.75) is 23.7 Å². The van der Waals surface area contributed by atoms with Crippen molar-refractivity contribution in [1.29, 1.82) is 0 Å². The summed E-state index contributed by atoms with van der Waals surface area (Å²) in [5.41, 5.74) is 0.987. The Morgan fingerprint density at radius 2 is 2.33 bits per heavy atom. The summed E-state index contributed by atoms with van der Waals surface area (Å²) >= 11 is 3.11. The summed E-state index contributed by atoms with van der Waals surface area (Å²) in [7, 11) is 0. The van der Waals surface area contributed by atoms with Gasteiger partial charge in [-0.25, -0.2) is 4.98 Å². The van der Waals surface area contributed by atoms with E-state index in [2.05, 4.69) is 11.9 Å². The summed E-state index contributed by atoms with van der Waals surface area (Å²) in [4.78, 5) is 18.7. The number of thioether (sulfide) groups is 1. The largest absolute Gasteiger partial charge is 0.394 e. The van der Waals surface area contributed by atoms with E-state index in [0.717, 1.165) is 27.5 Å². The molecular weight excluding hydrogens is 304 g/mol. The summed E-state index contributed by atoms with van der Waals surface area (Å²) in [6.45, 7) is 2.90. The number of fused-ring (bicyclic) bond motifs is 1. The van der Waals surface area contributed by atoms with Crippen molar-refractivity contribution in [2.75, 3.05) is 18.9 Å². The quantitative estimate of drug-likeness (QED) is 0.879. The van der Waals surface area contributed by atoms with Gasteiger partial charge in [-0.1, -0.05) is 30.8 Å². The average Bonchev–Trinajstić information content (AvgIpc) is 3.07. The molecule has 2 atom stereocenters. The molecule has 1 aliphatic rings. The van der Waals surface area contributed by atoms with Gasteiger partial charge in [0.25, 0.3) is 0 Å². The summed E-state index contributed by atoms with van der Waals surface area (Å²) in [6, 6.07) is 7.98. The maximum Gasteiger partial charge on any atom is 0.233 e. The SMILES string of the molecule is CC1CCN(C(=O)CSc2nc3ccccc3s2)C1CO. The van der Waals surface area contributed by atoms with Gasteiger partial charge in [0.2, 0.25) is 5.91 Å². The fourth-order valence-corrected chi connectivity index (χ4v) is 4.67. The predicted molar refractivity (Wildman–Crippen MR) is 86.7 cm³/mol. The molecule has 1 saturated heterocycles. The third kappa shape index (κ3) is 3.07. The number of aliphatic hydroxyl groups excluding tert-OH is 1. The number of aliphatic hydroxyl groups is 1. The van der Waals surface area contributed by atoms with Crippen LogP contribution in [0.15, 0.2) is 28.6 Å². The van der Waals surface area contributed by atoms with Crippen molar-refractivity contribution < 1.29 is 9.90 Å². The molecule has 4 nitrogen and oxygen atoms in total. The van der Waals surface area contributed by atoms with Crippen molar-refractivity contribution in [3.63, 3.8) is 0 Å². The summed E-state index contributed by atoms with van der Waals surface area (Å²) < 4.78 is 2.08. The number of benzene rings is 1. The highest BCUT2D eigenvalue weighted by Crippen LogP contribution is 2.30. The maximum absolute atomic E-state index is 12.3. The van der Waals surface area contributed by atoms with Crippen molar-refractivity contribution in [3.8, 4) is 0 Å². The number of amides is 1. The third-order valence-corrected chi connectivity index (χ3v) is 6.15. The lowest BCUT2D eigenvalue weighted by Gasteiger charge is -2.24. The van der Waals surface area contributed by atoms with Crippen LogP contribution in [-0.4, -0.2) is 45.8 Å². The van der Waals surface area contributed by atoms with Gasteiger partial charge in [-0.05, 0) is 24.5 Å². The van der Waals surface area contributed by atoms with Crippen LogP contribution in [0.2, 0.25) is 0 Å². The van der Waals surface area contributed by atoms with Crippen LogP contribution < -0.4 is 0 Å². The van der Waals surface area contributed by atoms with Gasteiger partial charge < -0.3 is 10.0 Å². The molecule has 1 aliphatic heterocycles. The molecule has 2 heterocycles. The molecule has 6 heteroatoms. The molecule has 0 aliphatic carbocycles. The van der Waals surface area contributed by atoms with E-state index in [1.165, 1.54) is 11.8 Å². The monoisotopic (exact) mass is 322 g/mol. The Bertz CT molecular complexity index is 610. The number of hydrogen-bond donors (Lipinski definition) is 1. The normalized spacial score (nSPS) is 22.1. The molecule has 2 unspecified atom stereocenters. The fourth-order valence-electron chi connectivity index (χ4n) is 2.72. The molecule has 1 N–H and O–H groups in total. The van der Waals surface area contributed by atoms with Gasteiger partial charge in [0.1, 0.15) is 0 Å². The van der Waals surface area contributed by atoms with Gasteiger partial charge in [-0.15, -0.1) is 11.3 Å². The van der Waals surface area contributed by atoms with Gasteiger partial charge in [0, 0.05) is 6.54 Å². The first-order chi connectivity index (χ1) is 10.2. The lowest BCUT2D eigenvalue weighted by Crippen LogP contribution is -2.40. The highest BCUT2D eigenvalue weighted by atomic mass is 32.2. The first-order valence-corrected chi connectivity index (χ1v) is 8.88. The second-order valence-corrected chi connectivity index (χ2v) is 7.59. The van der Waals surface area contributed by atoms with Gasteiger partial charge in [-0.2, -0.15) is 0 Å². The zero-order valence-corrected chi connectivity index (χ0v) is 13.5. The zero-order valence-electron chi connectivity index (χ0n) is 11.9. The van der Waals surface area contributed by atoms with Crippen molar-refractivity contribution >= 4 is 39.2 Å². The Hall–Kier alpha value is -1.11. The van der Waals surface area contributed by atoms with E-state index in [9.17, 15) is 9.90 Å². The van der Waals surface area contributed by atoms with Crippen LogP contribution in [-0.2, 0) is 4.79 Å². The zero-order chi connectivity index (χ0) is 14.8. The van der Waals surface area contributed by atoms with Gasteiger partial charge in [0.05, 0.1) is 28.6 Å². The standard InChI is InChI=1S/C15H18N2O2S2/c1-10-6-7-17(12(10)8-18)14(19)9-20-15-16-11-4-2-3-5-13(11)21-15/h2-5,10,12,18H,6-9H2,1H3. The Labute approximate surface area is 132 Å². The molecule has 1 aromatic carbocycles. The molecule has 3 rings (SSSR count). The Balaban J connectivity index is 1.63. The van der Waals surface area contributed by atoms with E-state index in [1.807, 2.05) is 29.2 Å². The van der Waals surface area contributed by atoms with E-state index in [4.69, 9.17) is 0 Å². The van der Waals surface area contributed by atoms with Gasteiger partial charge >= 0.3 is 0 Å². The lowest BCUT2D eigenvalue weighted by atomic mass is 10.0. The smallest absolute Gasteiger partial charge is 0.233 e. The number of carbonyl (C=O) groups is 1. The Kier molecular flexibility index (Phi) is 4.47. The molecule has 1 aromatic heterocycles. The number of para-hydroxylation sites is 1. The summed E-state index contributed by atoms with van der Waals surface area (Å²) in [6.07, 6.45) is 0.975. The minimum atomic E-state index is -0.0199. The number of carbonyl (C=O) groups excluding carboxylic acids is 1. The van der Waals surface area contributed by atoms with Crippen LogP contribution in [0, 0.1) is 5.92 Å². The molecule has 0 spiro atoms. The number of nitrogens with zero attached hydrogens (tertiary/aromatic N) is 2. The number of aromatic nitrogens is 1. The summed E-state index contributed by atoms with van der Waals surface area (Å²) in [5.74, 6) is 0.873. The molecule has 2 aromatic rings. The minimum absolute atomic E-state index is 0.0199. The minimum Gasteiger partial charge on any atom is -0.394 e. The van der Waals surface area contributed by atoms with E-state index < -0.39 is 0 Å². The van der Waals surface area contributed by atoms with Crippen LogP contribution in [0.3, 0.4) is 0 Å². The summed E-state index contributed by atoms with van der Waals surface area (Å²) in [5, 5.41) is 9.43. The van der Waals surface area contributed by atoms with Gasteiger partial charge in [-0.3, -0.25) is 4.79 Å². The first-order valence-electron chi connectivity index (χ1n) is 7.07. The van der Waals surface area contributed by atoms with Crippen molar-refractivity contribution in [1.82, 2.24) is 9.88 Å². The maximum atomic E-state index is 12.3. The highest BCUT2D eigenvalue weighted by Gasteiger charge is 2.33. The third-order valence-electron chi connectivity index (χ3n) is 3.98. The molecule has 1 amide bonds. The number of likely N-dealkylation sites (tertiary alicyclic amines) is 1. The molecule has 0 radical (unpaired) electrons. The van der Waals surface area contributed by atoms with E-state index in [-0.39, 0.29) is 18.6 Å². The van der Waals surface area contributed by atoms with Crippen LogP contribution in [0.25, 0.3) is 10.2 Å². The fraction of sp³-hybridized carbons (Fsp3) is 0.467. The van der Waals surface area contributed by atoms with Crippen molar-refractivity contribution in [3.05, 3.63) is 24.3 Å². The van der Waals surface area contributed by atoms with Crippen LogP contribution >= 0.6 is 23.1 Å². The predicted octanol–water partition coefficient (Wildman–Crippen LogP) is 2.62. The highest BCUT2D eigenvalue weighted by molar-refractivity contribution is 8.01. The lowest BCUT2D eigenvalue weighted by molar-refractivity contribution is -0.130. The average molecular weight is 322 g/mol. The van der Waals surface area contributed by atoms with Gasteiger partial charge in [0.15, 0.2) is 4.34 Å². The Morgan fingerprint density at radius 1 is 1.52 bits per heavy atom. The topological polar surface area (TPSA) is 53.4 Å². The van der Waals surface area contributed by atoms with E-state index in [1.54, 1.807) is 11.3 Å². The number of hydrogen-bond acceptors (Lipinski definition) is 5. The van der Waals surface area contributed by atoms with Crippen LogP contribution in [0.4, 0.5) is 0 Å². The molecule has 1 fully saturated rings.